The van der Waals surface area contributed by atoms with Crippen molar-refractivity contribution in [1.82, 2.24) is 4.31 Å². The third-order valence-electron chi connectivity index (χ3n) is 6.08. The van der Waals surface area contributed by atoms with Crippen molar-refractivity contribution in [3.05, 3.63) is 95.9 Å². The Hall–Kier alpha value is -3.22. The van der Waals surface area contributed by atoms with Gasteiger partial charge in [0.25, 0.3) is 0 Å². The molecule has 0 atom stereocenters. The molecule has 1 aliphatic heterocycles. The number of sulfonamides is 1. The standard InChI is InChI=1S/C27H28N2O3S/c1-28(26-15-9-8-14-25(26)23-12-6-3-7-13-23)27(30)24-16-19-29(20-17-24)33(31,32)21-18-22-10-4-2-5-11-22/h2-15,18,21,24H,16-17,19-20H2,1H3/b21-18+. The van der Waals surface area contributed by atoms with Gasteiger partial charge in [0.2, 0.25) is 15.9 Å². The van der Waals surface area contributed by atoms with Crippen LogP contribution in [0.2, 0.25) is 0 Å². The van der Waals surface area contributed by atoms with Crippen molar-refractivity contribution in [2.45, 2.75) is 12.8 Å². The molecule has 1 aliphatic rings. The van der Waals surface area contributed by atoms with Gasteiger partial charge >= 0.3 is 0 Å². The van der Waals surface area contributed by atoms with Crippen molar-refractivity contribution in [3.63, 3.8) is 0 Å². The number of rotatable bonds is 6. The molecular formula is C27H28N2O3S. The predicted molar refractivity (Wildman–Crippen MR) is 134 cm³/mol. The smallest absolute Gasteiger partial charge is 0.236 e. The SMILES string of the molecule is CN(C(=O)C1CCN(S(=O)(=O)/C=C/c2ccccc2)CC1)c1ccccc1-c1ccccc1. The van der Waals surface area contributed by atoms with Crippen LogP contribution in [-0.2, 0) is 14.8 Å². The van der Waals surface area contributed by atoms with Gasteiger partial charge < -0.3 is 4.90 Å². The largest absolute Gasteiger partial charge is 0.315 e. The molecule has 0 aromatic heterocycles. The highest BCUT2D eigenvalue weighted by molar-refractivity contribution is 7.92. The number of hydrogen-bond acceptors (Lipinski definition) is 3. The molecule has 0 N–H and O–H groups in total. The van der Waals surface area contributed by atoms with Gasteiger partial charge in [-0.15, -0.1) is 0 Å². The molecule has 0 unspecified atom stereocenters. The molecule has 5 nitrogen and oxygen atoms in total. The van der Waals surface area contributed by atoms with Crippen molar-refractivity contribution in [1.29, 1.82) is 0 Å². The lowest BCUT2D eigenvalue weighted by atomic mass is 9.95. The fourth-order valence-electron chi connectivity index (χ4n) is 4.19. The Labute approximate surface area is 196 Å². The van der Waals surface area contributed by atoms with Crippen LogP contribution in [0.3, 0.4) is 0 Å². The number of carbonyl (C=O) groups is 1. The van der Waals surface area contributed by atoms with E-state index in [2.05, 4.69) is 0 Å². The Kier molecular flexibility index (Phi) is 7.06. The Morgan fingerprint density at radius 1 is 0.879 bits per heavy atom. The number of carbonyl (C=O) groups excluding carboxylic acids is 1. The van der Waals surface area contributed by atoms with E-state index in [1.54, 1.807) is 18.0 Å². The first-order chi connectivity index (χ1) is 16.0. The summed E-state index contributed by atoms with van der Waals surface area (Å²) in [7, 11) is -1.72. The van der Waals surface area contributed by atoms with Gasteiger partial charge in [0, 0.05) is 37.0 Å². The Morgan fingerprint density at radius 3 is 2.12 bits per heavy atom. The summed E-state index contributed by atoms with van der Waals surface area (Å²) in [4.78, 5) is 15.0. The average molecular weight is 461 g/mol. The average Bonchev–Trinajstić information content (AvgIpc) is 2.88. The van der Waals surface area contributed by atoms with Crippen LogP contribution in [0.15, 0.2) is 90.3 Å². The van der Waals surface area contributed by atoms with E-state index < -0.39 is 10.0 Å². The fourth-order valence-corrected chi connectivity index (χ4v) is 5.41. The van der Waals surface area contributed by atoms with Gasteiger partial charge in [-0.1, -0.05) is 78.9 Å². The van der Waals surface area contributed by atoms with Crippen molar-refractivity contribution < 1.29 is 13.2 Å². The Morgan fingerprint density at radius 2 is 1.45 bits per heavy atom. The first-order valence-electron chi connectivity index (χ1n) is 11.1. The van der Waals surface area contributed by atoms with Gasteiger partial charge in [0.05, 0.1) is 5.69 Å². The summed E-state index contributed by atoms with van der Waals surface area (Å²) < 4.78 is 26.9. The molecule has 170 valence electrons. The van der Waals surface area contributed by atoms with E-state index in [0.29, 0.717) is 25.9 Å². The molecule has 1 fully saturated rings. The van der Waals surface area contributed by atoms with Gasteiger partial charge in [-0.25, -0.2) is 8.42 Å². The highest BCUT2D eigenvalue weighted by Gasteiger charge is 2.32. The summed E-state index contributed by atoms with van der Waals surface area (Å²) in [6, 6.07) is 27.2. The second-order valence-corrected chi connectivity index (χ2v) is 10.0. The van der Waals surface area contributed by atoms with E-state index in [1.807, 2.05) is 84.9 Å². The van der Waals surface area contributed by atoms with Crippen LogP contribution in [0.4, 0.5) is 5.69 Å². The molecular weight excluding hydrogens is 432 g/mol. The van der Waals surface area contributed by atoms with E-state index in [4.69, 9.17) is 0 Å². The van der Waals surface area contributed by atoms with Crippen LogP contribution in [0.1, 0.15) is 18.4 Å². The Bertz CT molecular complexity index is 1220. The monoisotopic (exact) mass is 460 g/mol. The number of benzene rings is 3. The minimum absolute atomic E-state index is 0.0234. The third kappa shape index (κ3) is 5.41. The summed E-state index contributed by atoms with van der Waals surface area (Å²) in [5, 5.41) is 1.26. The molecule has 3 aromatic rings. The number of anilines is 1. The summed E-state index contributed by atoms with van der Waals surface area (Å²) in [6.45, 7) is 0.679. The third-order valence-corrected chi connectivity index (χ3v) is 7.64. The van der Waals surface area contributed by atoms with Crippen LogP contribution in [-0.4, -0.2) is 38.8 Å². The van der Waals surface area contributed by atoms with Gasteiger partial charge in [0.1, 0.15) is 0 Å². The normalized spacial score (nSPS) is 15.5. The van der Waals surface area contributed by atoms with Crippen molar-refractivity contribution in [3.8, 4) is 11.1 Å². The zero-order valence-corrected chi connectivity index (χ0v) is 19.5. The van der Waals surface area contributed by atoms with Gasteiger partial charge in [-0.2, -0.15) is 4.31 Å². The van der Waals surface area contributed by atoms with Gasteiger partial charge in [-0.3, -0.25) is 4.79 Å². The molecule has 1 heterocycles. The summed E-state index contributed by atoms with van der Waals surface area (Å²) >= 11 is 0. The van der Waals surface area contributed by atoms with E-state index in [9.17, 15) is 13.2 Å². The van der Waals surface area contributed by atoms with Crippen molar-refractivity contribution in [2.75, 3.05) is 25.0 Å². The molecule has 33 heavy (non-hydrogen) atoms. The fraction of sp³-hybridized carbons (Fsp3) is 0.222. The maximum absolute atomic E-state index is 13.3. The molecule has 1 amide bonds. The molecule has 0 bridgehead atoms. The lowest BCUT2D eigenvalue weighted by Crippen LogP contribution is -2.43. The molecule has 0 spiro atoms. The molecule has 4 rings (SSSR count). The van der Waals surface area contributed by atoms with Crippen molar-refractivity contribution in [2.24, 2.45) is 5.92 Å². The Balaban J connectivity index is 1.42. The number of nitrogens with zero attached hydrogens (tertiary/aromatic N) is 2. The maximum Gasteiger partial charge on any atom is 0.236 e. The highest BCUT2D eigenvalue weighted by atomic mass is 32.2. The summed E-state index contributed by atoms with van der Waals surface area (Å²) in [5.74, 6) is -0.182. The van der Waals surface area contributed by atoms with Gasteiger partial charge in [-0.05, 0) is 36.1 Å². The molecule has 3 aromatic carbocycles. The minimum Gasteiger partial charge on any atom is -0.315 e. The van der Waals surface area contributed by atoms with E-state index >= 15 is 0 Å². The number of hydrogen-bond donors (Lipinski definition) is 0. The zero-order chi connectivity index (χ0) is 23.3. The van der Waals surface area contributed by atoms with E-state index in [0.717, 1.165) is 22.4 Å². The second-order valence-electron chi connectivity index (χ2n) is 8.21. The first-order valence-corrected chi connectivity index (χ1v) is 12.6. The quantitative estimate of drug-likeness (QED) is 0.518. The second kappa shape index (κ2) is 10.1. The number of para-hydroxylation sites is 1. The number of piperidine rings is 1. The topological polar surface area (TPSA) is 57.7 Å². The van der Waals surface area contributed by atoms with Crippen LogP contribution >= 0.6 is 0 Å². The number of amides is 1. The highest BCUT2D eigenvalue weighted by Crippen LogP contribution is 2.32. The molecule has 6 heteroatoms. The van der Waals surface area contributed by atoms with Crippen LogP contribution in [0.25, 0.3) is 17.2 Å². The molecule has 0 saturated carbocycles. The van der Waals surface area contributed by atoms with E-state index in [1.165, 1.54) is 9.71 Å². The van der Waals surface area contributed by atoms with Crippen molar-refractivity contribution >= 4 is 27.7 Å². The minimum atomic E-state index is -3.52. The molecule has 0 aliphatic carbocycles. The maximum atomic E-state index is 13.3. The first kappa shape index (κ1) is 23.0. The molecule has 1 saturated heterocycles. The van der Waals surface area contributed by atoms with Crippen LogP contribution in [0.5, 0.6) is 0 Å². The zero-order valence-electron chi connectivity index (χ0n) is 18.7. The van der Waals surface area contributed by atoms with Crippen LogP contribution < -0.4 is 4.90 Å². The lowest BCUT2D eigenvalue weighted by Gasteiger charge is -2.32. The summed E-state index contributed by atoms with van der Waals surface area (Å²) in [6.07, 6.45) is 2.63. The predicted octanol–water partition coefficient (Wildman–Crippen LogP) is 5.03. The van der Waals surface area contributed by atoms with E-state index in [-0.39, 0.29) is 11.8 Å². The van der Waals surface area contributed by atoms with Crippen LogP contribution in [0, 0.1) is 5.92 Å². The van der Waals surface area contributed by atoms with Gasteiger partial charge in [0.15, 0.2) is 0 Å². The lowest BCUT2D eigenvalue weighted by molar-refractivity contribution is -0.123. The molecule has 0 radical (unpaired) electrons. The summed E-state index contributed by atoms with van der Waals surface area (Å²) in [5.41, 5.74) is 3.75.